The molecule has 1 amide bonds. The second kappa shape index (κ2) is 6.37. The summed E-state index contributed by atoms with van der Waals surface area (Å²) in [4.78, 5) is 13.3. The van der Waals surface area contributed by atoms with Crippen molar-refractivity contribution in [2.75, 3.05) is 19.6 Å². The lowest BCUT2D eigenvalue weighted by Crippen LogP contribution is -2.40. The first-order chi connectivity index (χ1) is 9.45. The number of benzene rings is 1. The van der Waals surface area contributed by atoms with Crippen LogP contribution < -0.4 is 5.73 Å². The predicted molar refractivity (Wildman–Crippen MR) is 79.2 cm³/mol. The minimum absolute atomic E-state index is 0.00427. The topological polar surface area (TPSA) is 66.6 Å². The molecule has 20 heavy (non-hydrogen) atoms. The Morgan fingerprint density at radius 3 is 2.35 bits per heavy atom. The number of hydrogen-bond donors (Lipinski definition) is 2. The Kier molecular flexibility index (Phi) is 4.78. The number of hydrogen-bond acceptors (Lipinski definition) is 3. The fourth-order valence-corrected chi connectivity index (χ4v) is 2.95. The van der Waals surface area contributed by atoms with Crippen molar-refractivity contribution >= 4 is 5.91 Å². The summed E-state index contributed by atoms with van der Waals surface area (Å²) in [6.45, 7) is 6.36. The minimum Gasteiger partial charge on any atom is -0.387 e. The lowest BCUT2D eigenvalue weighted by atomic mass is 9.95. The van der Waals surface area contributed by atoms with Gasteiger partial charge in [0.05, 0.1) is 6.10 Å². The fourth-order valence-electron chi connectivity index (χ4n) is 2.95. The third-order valence-electron chi connectivity index (χ3n) is 4.05. The van der Waals surface area contributed by atoms with Gasteiger partial charge in [0.2, 0.25) is 5.91 Å². The number of nitrogens with zero attached hydrogens (tertiary/aromatic N) is 1. The lowest BCUT2D eigenvalue weighted by Gasteiger charge is -2.32. The largest absolute Gasteiger partial charge is 0.387 e. The highest BCUT2D eigenvalue weighted by molar-refractivity contribution is 5.76. The van der Waals surface area contributed by atoms with Gasteiger partial charge in [-0.2, -0.15) is 0 Å². The van der Waals surface area contributed by atoms with Crippen LogP contribution in [0.3, 0.4) is 0 Å². The number of piperidine rings is 1. The number of amides is 1. The molecule has 0 saturated carbocycles. The summed E-state index contributed by atoms with van der Waals surface area (Å²) in [6.07, 6.45) is 1.13. The van der Waals surface area contributed by atoms with Gasteiger partial charge in [-0.1, -0.05) is 29.3 Å². The van der Waals surface area contributed by atoms with Gasteiger partial charge in [-0.15, -0.1) is 0 Å². The first kappa shape index (κ1) is 15.0. The van der Waals surface area contributed by atoms with Gasteiger partial charge in [0, 0.05) is 12.5 Å². The van der Waals surface area contributed by atoms with Crippen molar-refractivity contribution in [2.45, 2.75) is 32.8 Å². The molecule has 110 valence electrons. The van der Waals surface area contributed by atoms with Gasteiger partial charge in [-0.05, 0) is 45.3 Å². The number of aliphatic hydroxyl groups excluding tert-OH is 1. The van der Waals surface area contributed by atoms with E-state index in [1.54, 1.807) is 0 Å². The third kappa shape index (κ3) is 3.81. The van der Waals surface area contributed by atoms with E-state index in [1.165, 1.54) is 11.1 Å². The Morgan fingerprint density at radius 2 is 1.85 bits per heavy atom. The van der Waals surface area contributed by atoms with E-state index in [1.807, 2.05) is 26.0 Å². The van der Waals surface area contributed by atoms with Crippen molar-refractivity contribution < 1.29 is 9.90 Å². The first-order valence-electron chi connectivity index (χ1n) is 7.23. The molecule has 0 aliphatic carbocycles. The standard InChI is InChI=1S/C16H24N2O2/c1-11-7-12(2)9-14(8-11)15(19)10-18-5-3-13(4-6-18)16(17)20/h7-9,13,15,19H,3-6,10H2,1-2H3,(H2,17,20). The molecular formula is C16H24N2O2. The summed E-state index contributed by atoms with van der Waals surface area (Å²) in [5.74, 6) is -0.191. The maximum Gasteiger partial charge on any atom is 0.220 e. The van der Waals surface area contributed by atoms with Gasteiger partial charge in [0.15, 0.2) is 0 Å². The zero-order valence-corrected chi connectivity index (χ0v) is 12.3. The molecule has 1 saturated heterocycles. The van der Waals surface area contributed by atoms with E-state index in [0.717, 1.165) is 31.5 Å². The zero-order chi connectivity index (χ0) is 14.7. The van der Waals surface area contributed by atoms with Gasteiger partial charge < -0.3 is 15.7 Å². The normalized spacial score (nSPS) is 18.9. The van der Waals surface area contributed by atoms with Crippen molar-refractivity contribution in [3.8, 4) is 0 Å². The molecule has 1 aromatic carbocycles. The van der Waals surface area contributed by atoms with Crippen molar-refractivity contribution in [1.29, 1.82) is 0 Å². The van der Waals surface area contributed by atoms with Crippen LogP contribution in [0.5, 0.6) is 0 Å². The summed E-state index contributed by atoms with van der Waals surface area (Å²) >= 11 is 0. The van der Waals surface area contributed by atoms with Crippen LogP contribution >= 0.6 is 0 Å². The molecule has 1 aliphatic heterocycles. The van der Waals surface area contributed by atoms with Crippen LogP contribution in [-0.2, 0) is 4.79 Å². The molecule has 0 spiro atoms. The van der Waals surface area contributed by atoms with E-state index in [9.17, 15) is 9.90 Å². The average molecular weight is 276 g/mol. The predicted octanol–water partition coefficient (Wildman–Crippen LogP) is 1.53. The Hall–Kier alpha value is -1.39. The van der Waals surface area contributed by atoms with Gasteiger partial charge in [0.25, 0.3) is 0 Å². The highest BCUT2D eigenvalue weighted by atomic mass is 16.3. The van der Waals surface area contributed by atoms with E-state index in [0.29, 0.717) is 6.54 Å². The number of likely N-dealkylation sites (tertiary alicyclic amines) is 1. The number of β-amino-alcohol motifs (C(OH)–C–C–N with tert-alkyl or cyclic N) is 1. The number of primary amides is 1. The number of carbonyl (C=O) groups is 1. The fraction of sp³-hybridized carbons (Fsp3) is 0.562. The molecule has 1 fully saturated rings. The summed E-state index contributed by atoms with van der Waals surface area (Å²) in [7, 11) is 0. The monoisotopic (exact) mass is 276 g/mol. The SMILES string of the molecule is Cc1cc(C)cc(C(O)CN2CCC(C(N)=O)CC2)c1. The zero-order valence-electron chi connectivity index (χ0n) is 12.3. The quantitative estimate of drug-likeness (QED) is 0.876. The molecule has 4 nitrogen and oxygen atoms in total. The van der Waals surface area contributed by atoms with Gasteiger partial charge in [0.1, 0.15) is 0 Å². The van der Waals surface area contributed by atoms with E-state index < -0.39 is 6.10 Å². The van der Waals surface area contributed by atoms with Crippen molar-refractivity contribution in [2.24, 2.45) is 11.7 Å². The first-order valence-corrected chi connectivity index (χ1v) is 7.23. The Balaban J connectivity index is 1.92. The van der Waals surface area contributed by atoms with Gasteiger partial charge in [-0.3, -0.25) is 4.79 Å². The molecule has 4 heteroatoms. The molecule has 2 rings (SSSR count). The van der Waals surface area contributed by atoms with Crippen molar-refractivity contribution in [3.05, 3.63) is 34.9 Å². The molecule has 0 radical (unpaired) electrons. The van der Waals surface area contributed by atoms with Crippen LogP contribution in [0.25, 0.3) is 0 Å². The lowest BCUT2D eigenvalue weighted by molar-refractivity contribution is -0.123. The number of rotatable bonds is 4. The molecule has 1 aromatic rings. The minimum atomic E-state index is -0.473. The molecule has 1 atom stereocenters. The number of nitrogens with two attached hydrogens (primary N) is 1. The number of aliphatic hydroxyl groups is 1. The molecule has 1 unspecified atom stereocenters. The maximum atomic E-state index is 11.1. The molecule has 3 N–H and O–H groups in total. The molecule has 1 heterocycles. The average Bonchev–Trinajstić information content (AvgIpc) is 2.38. The van der Waals surface area contributed by atoms with Crippen molar-refractivity contribution in [3.63, 3.8) is 0 Å². The Bertz CT molecular complexity index is 459. The third-order valence-corrected chi connectivity index (χ3v) is 4.05. The summed E-state index contributed by atoms with van der Waals surface area (Å²) in [6, 6.07) is 6.18. The number of aryl methyl sites for hydroxylation is 2. The van der Waals surface area contributed by atoms with Crippen molar-refractivity contribution in [1.82, 2.24) is 4.90 Å². The van der Waals surface area contributed by atoms with Gasteiger partial charge >= 0.3 is 0 Å². The summed E-state index contributed by atoms with van der Waals surface area (Å²) in [5, 5.41) is 10.4. The van der Waals surface area contributed by atoms with Crippen LogP contribution in [-0.4, -0.2) is 35.5 Å². The highest BCUT2D eigenvalue weighted by Gasteiger charge is 2.24. The summed E-state index contributed by atoms with van der Waals surface area (Å²) < 4.78 is 0. The summed E-state index contributed by atoms with van der Waals surface area (Å²) in [5.41, 5.74) is 8.65. The van der Waals surface area contributed by atoms with Crippen LogP contribution in [0.2, 0.25) is 0 Å². The Labute approximate surface area is 120 Å². The van der Waals surface area contributed by atoms with Crippen LogP contribution in [0.1, 0.15) is 35.6 Å². The Morgan fingerprint density at radius 1 is 1.30 bits per heavy atom. The van der Waals surface area contributed by atoms with Crippen LogP contribution in [0.15, 0.2) is 18.2 Å². The smallest absolute Gasteiger partial charge is 0.220 e. The van der Waals surface area contributed by atoms with E-state index >= 15 is 0 Å². The van der Waals surface area contributed by atoms with Crippen LogP contribution in [0.4, 0.5) is 0 Å². The van der Waals surface area contributed by atoms with E-state index in [4.69, 9.17) is 5.73 Å². The maximum absolute atomic E-state index is 11.1. The molecule has 0 aromatic heterocycles. The number of carbonyl (C=O) groups excluding carboxylic acids is 1. The van der Waals surface area contributed by atoms with Gasteiger partial charge in [-0.25, -0.2) is 0 Å². The van der Waals surface area contributed by atoms with E-state index in [2.05, 4.69) is 11.0 Å². The molecule has 1 aliphatic rings. The van der Waals surface area contributed by atoms with Crippen LogP contribution in [0, 0.1) is 19.8 Å². The molecular weight excluding hydrogens is 252 g/mol. The molecule has 0 bridgehead atoms. The highest BCUT2D eigenvalue weighted by Crippen LogP contribution is 2.22. The van der Waals surface area contributed by atoms with E-state index in [-0.39, 0.29) is 11.8 Å². The second-order valence-corrected chi connectivity index (χ2v) is 5.91. The second-order valence-electron chi connectivity index (χ2n) is 5.91.